The zero-order chi connectivity index (χ0) is 13.6. The molecule has 1 aromatic heterocycles. The van der Waals surface area contributed by atoms with Gasteiger partial charge in [0.15, 0.2) is 5.69 Å². The average molecular weight is 255 g/mol. The van der Waals surface area contributed by atoms with Crippen molar-refractivity contribution in [3.63, 3.8) is 0 Å². The minimum Gasteiger partial charge on any atom is -0.396 e. The average Bonchev–Trinajstić information content (AvgIpc) is 2.78. The van der Waals surface area contributed by atoms with Gasteiger partial charge < -0.3 is 16.2 Å². The van der Waals surface area contributed by atoms with Crippen LogP contribution in [-0.2, 0) is 6.54 Å². The highest BCUT2D eigenvalue weighted by Crippen LogP contribution is 2.14. The number of carbonyl (C=O) groups excluding carboxylic acids is 1. The van der Waals surface area contributed by atoms with Crippen molar-refractivity contribution in [1.82, 2.24) is 20.3 Å². The van der Waals surface area contributed by atoms with Crippen LogP contribution < -0.4 is 11.1 Å². The largest absolute Gasteiger partial charge is 0.396 e. The molecule has 0 aromatic carbocycles. The van der Waals surface area contributed by atoms with E-state index in [-0.39, 0.29) is 18.2 Å². The molecule has 0 saturated heterocycles. The summed E-state index contributed by atoms with van der Waals surface area (Å²) >= 11 is 0. The van der Waals surface area contributed by atoms with E-state index in [1.807, 2.05) is 13.8 Å². The molecule has 0 saturated carbocycles. The van der Waals surface area contributed by atoms with Crippen molar-refractivity contribution in [3.8, 4) is 0 Å². The van der Waals surface area contributed by atoms with Crippen molar-refractivity contribution in [3.05, 3.63) is 11.9 Å². The number of nitrogens with two attached hydrogens (primary N) is 1. The molecule has 7 nitrogen and oxygen atoms in total. The lowest BCUT2D eigenvalue weighted by Gasteiger charge is -2.28. The van der Waals surface area contributed by atoms with Crippen LogP contribution in [0.2, 0.25) is 0 Å². The van der Waals surface area contributed by atoms with E-state index in [4.69, 9.17) is 10.8 Å². The number of amides is 1. The first-order valence-electron chi connectivity index (χ1n) is 6.08. The number of carbonyl (C=O) groups is 1. The van der Waals surface area contributed by atoms with E-state index >= 15 is 0 Å². The van der Waals surface area contributed by atoms with Crippen LogP contribution in [0.25, 0.3) is 0 Å². The summed E-state index contributed by atoms with van der Waals surface area (Å²) in [4.78, 5) is 12.0. The van der Waals surface area contributed by atoms with Crippen molar-refractivity contribution < 1.29 is 9.90 Å². The number of nitrogens with zero attached hydrogens (tertiary/aromatic N) is 3. The highest BCUT2D eigenvalue weighted by Gasteiger charge is 2.25. The lowest BCUT2D eigenvalue weighted by Crippen LogP contribution is -2.46. The molecule has 4 N–H and O–H groups in total. The summed E-state index contributed by atoms with van der Waals surface area (Å²) in [5.74, 6) is -0.281. The molecular weight excluding hydrogens is 234 g/mol. The maximum atomic E-state index is 12.0. The topological polar surface area (TPSA) is 106 Å². The Balaban J connectivity index is 2.68. The van der Waals surface area contributed by atoms with E-state index in [0.717, 1.165) is 6.42 Å². The van der Waals surface area contributed by atoms with Gasteiger partial charge in [-0.1, -0.05) is 12.1 Å². The first-order chi connectivity index (χ1) is 8.54. The Kier molecular flexibility index (Phi) is 5.24. The number of rotatable bonds is 7. The minimum atomic E-state index is -0.427. The molecule has 0 aliphatic heterocycles. The zero-order valence-electron chi connectivity index (χ0n) is 10.9. The number of aliphatic hydroxyl groups excluding tert-OH is 1. The van der Waals surface area contributed by atoms with Crippen LogP contribution in [0.15, 0.2) is 6.20 Å². The maximum absolute atomic E-state index is 12.0. The van der Waals surface area contributed by atoms with Crippen molar-refractivity contribution in [2.45, 2.75) is 38.8 Å². The number of hydrogen-bond acceptors (Lipinski definition) is 5. The summed E-state index contributed by atoms with van der Waals surface area (Å²) in [5.41, 5.74) is 5.23. The van der Waals surface area contributed by atoms with Gasteiger partial charge in [0, 0.05) is 18.7 Å². The van der Waals surface area contributed by atoms with Gasteiger partial charge in [-0.15, -0.1) is 5.10 Å². The fourth-order valence-electron chi connectivity index (χ4n) is 1.56. The Morgan fingerprint density at radius 3 is 2.94 bits per heavy atom. The molecule has 1 heterocycles. The molecule has 18 heavy (non-hydrogen) atoms. The molecule has 7 heteroatoms. The van der Waals surface area contributed by atoms with Crippen LogP contribution in [0.3, 0.4) is 0 Å². The third kappa shape index (κ3) is 3.78. The second-order valence-electron chi connectivity index (χ2n) is 4.50. The van der Waals surface area contributed by atoms with Crippen LogP contribution in [0, 0.1) is 0 Å². The standard InChI is InChI=1S/C11H21N5O2/c1-3-11(2,4-7-17)13-10(18)9-8-16(6-5-12)15-14-9/h8,17H,3-7,12H2,1-2H3,(H,13,18). The van der Waals surface area contributed by atoms with Crippen LogP contribution in [0.1, 0.15) is 37.2 Å². The van der Waals surface area contributed by atoms with Gasteiger partial charge in [0.25, 0.3) is 5.91 Å². The Bertz CT molecular complexity index is 393. The SMILES string of the molecule is CCC(C)(CCO)NC(=O)c1cn(CCN)nn1. The monoisotopic (exact) mass is 255 g/mol. The quantitative estimate of drug-likeness (QED) is 0.610. The smallest absolute Gasteiger partial charge is 0.273 e. The molecule has 102 valence electrons. The van der Waals surface area contributed by atoms with E-state index in [1.54, 1.807) is 6.20 Å². The molecule has 1 rings (SSSR count). The van der Waals surface area contributed by atoms with Crippen LogP contribution in [0.4, 0.5) is 0 Å². The summed E-state index contributed by atoms with van der Waals surface area (Å²) in [6, 6.07) is 0. The van der Waals surface area contributed by atoms with E-state index in [1.165, 1.54) is 4.68 Å². The number of aromatic nitrogens is 3. The first kappa shape index (κ1) is 14.6. The van der Waals surface area contributed by atoms with Crippen molar-refractivity contribution in [2.24, 2.45) is 5.73 Å². The molecule has 1 unspecified atom stereocenters. The van der Waals surface area contributed by atoms with Crippen LogP contribution in [-0.4, -0.2) is 44.7 Å². The molecule has 0 bridgehead atoms. The predicted molar refractivity (Wildman–Crippen MR) is 66.9 cm³/mol. The van der Waals surface area contributed by atoms with Gasteiger partial charge in [0.2, 0.25) is 0 Å². The molecule has 0 aliphatic carbocycles. The molecule has 0 radical (unpaired) electrons. The summed E-state index contributed by atoms with van der Waals surface area (Å²) < 4.78 is 1.53. The van der Waals surface area contributed by atoms with Crippen LogP contribution >= 0.6 is 0 Å². The first-order valence-corrected chi connectivity index (χ1v) is 6.08. The van der Waals surface area contributed by atoms with E-state index in [0.29, 0.717) is 19.5 Å². The lowest BCUT2D eigenvalue weighted by molar-refractivity contribution is 0.0881. The number of hydrogen-bond donors (Lipinski definition) is 3. The Hall–Kier alpha value is -1.47. The van der Waals surface area contributed by atoms with Gasteiger partial charge in [-0.25, -0.2) is 0 Å². The molecule has 0 fully saturated rings. The molecule has 1 aromatic rings. The predicted octanol–water partition coefficient (Wildman–Crippen LogP) is -0.482. The fraction of sp³-hybridized carbons (Fsp3) is 0.727. The molecule has 0 aliphatic rings. The van der Waals surface area contributed by atoms with Gasteiger partial charge >= 0.3 is 0 Å². The normalized spacial score (nSPS) is 14.2. The Morgan fingerprint density at radius 1 is 1.67 bits per heavy atom. The number of aliphatic hydroxyl groups is 1. The van der Waals surface area contributed by atoms with E-state index < -0.39 is 5.54 Å². The van der Waals surface area contributed by atoms with Crippen molar-refractivity contribution in [2.75, 3.05) is 13.2 Å². The van der Waals surface area contributed by atoms with Gasteiger partial charge in [0.05, 0.1) is 12.7 Å². The van der Waals surface area contributed by atoms with Gasteiger partial charge in [-0.05, 0) is 19.8 Å². The third-order valence-electron chi connectivity index (χ3n) is 2.99. The minimum absolute atomic E-state index is 0.0322. The van der Waals surface area contributed by atoms with Gasteiger partial charge in [-0.2, -0.15) is 0 Å². The molecule has 0 spiro atoms. The summed E-state index contributed by atoms with van der Waals surface area (Å²) in [6.07, 6.45) is 2.81. The molecular formula is C11H21N5O2. The summed E-state index contributed by atoms with van der Waals surface area (Å²) in [7, 11) is 0. The van der Waals surface area contributed by atoms with Gasteiger partial charge in [-0.3, -0.25) is 9.48 Å². The fourth-order valence-corrected chi connectivity index (χ4v) is 1.56. The number of nitrogens with one attached hydrogen (secondary N) is 1. The van der Waals surface area contributed by atoms with E-state index in [2.05, 4.69) is 15.6 Å². The maximum Gasteiger partial charge on any atom is 0.273 e. The highest BCUT2D eigenvalue weighted by molar-refractivity contribution is 5.92. The Morgan fingerprint density at radius 2 is 2.39 bits per heavy atom. The lowest BCUT2D eigenvalue weighted by atomic mass is 9.95. The van der Waals surface area contributed by atoms with Crippen molar-refractivity contribution >= 4 is 5.91 Å². The summed E-state index contributed by atoms with van der Waals surface area (Å²) in [5, 5.41) is 19.5. The van der Waals surface area contributed by atoms with Crippen molar-refractivity contribution in [1.29, 1.82) is 0 Å². The summed E-state index contributed by atoms with van der Waals surface area (Å²) in [6.45, 7) is 4.86. The Labute approximate surface area is 106 Å². The molecule has 1 atom stereocenters. The van der Waals surface area contributed by atoms with Gasteiger partial charge in [0.1, 0.15) is 0 Å². The molecule has 1 amide bonds. The zero-order valence-corrected chi connectivity index (χ0v) is 10.9. The van der Waals surface area contributed by atoms with Crippen LogP contribution in [0.5, 0.6) is 0 Å². The van der Waals surface area contributed by atoms with E-state index in [9.17, 15) is 4.79 Å². The second-order valence-corrected chi connectivity index (χ2v) is 4.50. The second kappa shape index (κ2) is 6.46. The highest BCUT2D eigenvalue weighted by atomic mass is 16.3. The third-order valence-corrected chi connectivity index (χ3v) is 2.99.